The lowest BCUT2D eigenvalue weighted by atomic mass is 10.0. The molecule has 26 heavy (non-hydrogen) atoms. The minimum atomic E-state index is -0.726. The van der Waals surface area contributed by atoms with Gasteiger partial charge in [0.05, 0.1) is 22.4 Å². The van der Waals surface area contributed by atoms with E-state index >= 15 is 0 Å². The lowest BCUT2D eigenvalue weighted by Crippen LogP contribution is -2.50. The van der Waals surface area contributed by atoms with Gasteiger partial charge < -0.3 is 15.4 Å². The molecule has 0 unspecified atom stereocenters. The molecule has 1 aromatic carbocycles. The highest BCUT2D eigenvalue weighted by molar-refractivity contribution is 7.18. The summed E-state index contributed by atoms with van der Waals surface area (Å²) in [6, 6.07) is 3.29. The van der Waals surface area contributed by atoms with Gasteiger partial charge in [-0.2, -0.15) is 0 Å². The summed E-state index contributed by atoms with van der Waals surface area (Å²) in [4.78, 5) is 28.8. The lowest BCUT2D eigenvalue weighted by Gasteiger charge is -2.23. The van der Waals surface area contributed by atoms with Gasteiger partial charge in [-0.15, -0.1) is 11.3 Å². The van der Waals surface area contributed by atoms with E-state index in [0.717, 1.165) is 4.70 Å². The molecule has 142 valence electrons. The number of alkyl carbamates (subject to hydrolysis) is 1. The smallest absolute Gasteiger partial charge is 0.408 e. The van der Waals surface area contributed by atoms with E-state index in [2.05, 4.69) is 15.6 Å². The number of thiazole rings is 1. The third kappa shape index (κ3) is 5.14. The number of ether oxygens (including phenoxy) is 1. The maximum atomic E-state index is 13.3. The summed E-state index contributed by atoms with van der Waals surface area (Å²) in [5.74, 6) is -0.762. The zero-order chi connectivity index (χ0) is 19.4. The van der Waals surface area contributed by atoms with Crippen LogP contribution in [-0.2, 0) is 9.53 Å². The van der Waals surface area contributed by atoms with Gasteiger partial charge in [-0.3, -0.25) is 4.79 Å². The minimum absolute atomic E-state index is 0.119. The molecule has 1 aromatic heterocycles. The van der Waals surface area contributed by atoms with Gasteiger partial charge in [-0.1, -0.05) is 13.8 Å². The molecule has 2 amide bonds. The van der Waals surface area contributed by atoms with E-state index in [1.54, 1.807) is 26.8 Å². The summed E-state index contributed by atoms with van der Waals surface area (Å²) in [5.41, 5.74) is 0.687. The maximum Gasteiger partial charge on any atom is 0.408 e. The van der Waals surface area contributed by atoms with E-state index in [1.807, 2.05) is 13.8 Å². The van der Waals surface area contributed by atoms with Crippen LogP contribution in [0.4, 0.5) is 9.18 Å². The van der Waals surface area contributed by atoms with Crippen molar-refractivity contribution in [3.05, 3.63) is 29.0 Å². The Morgan fingerprint density at radius 2 is 1.85 bits per heavy atom. The fourth-order valence-electron chi connectivity index (χ4n) is 2.38. The molecule has 2 N–H and O–H groups in total. The molecule has 2 atom stereocenters. The number of aromatic nitrogens is 1. The molecule has 2 rings (SSSR count). The molecule has 8 heteroatoms. The number of nitrogens with one attached hydrogen (secondary N) is 2. The molecule has 1 heterocycles. The third-order valence-corrected chi connectivity index (χ3v) is 4.86. The van der Waals surface area contributed by atoms with Crippen molar-refractivity contribution < 1.29 is 18.7 Å². The van der Waals surface area contributed by atoms with Gasteiger partial charge in [0.1, 0.15) is 16.9 Å². The van der Waals surface area contributed by atoms with Crippen LogP contribution in [0.3, 0.4) is 0 Å². The molecule has 0 fully saturated rings. The highest BCUT2D eigenvalue weighted by Gasteiger charge is 2.27. The molecule has 0 aliphatic heterocycles. The van der Waals surface area contributed by atoms with E-state index in [4.69, 9.17) is 4.74 Å². The van der Waals surface area contributed by atoms with Gasteiger partial charge in [0.15, 0.2) is 0 Å². The van der Waals surface area contributed by atoms with Crippen LogP contribution in [0.1, 0.15) is 45.7 Å². The first kappa shape index (κ1) is 20.1. The standard InChI is InChI=1S/C18H24FN3O3S/c1-9(2)15(22-18(24)25-10(3)4)16(23)20-11(5)17-21-13-7-6-12(19)8-14(13)26-17/h6-11,15H,1-5H3,(H,20,23)(H,22,24)/t11-,15+/m1/s1. The summed E-state index contributed by atoms with van der Waals surface area (Å²) in [7, 11) is 0. The van der Waals surface area contributed by atoms with Crippen molar-refractivity contribution in [1.82, 2.24) is 15.6 Å². The molecule has 0 spiro atoms. The number of rotatable bonds is 6. The first-order chi connectivity index (χ1) is 12.2. The highest BCUT2D eigenvalue weighted by atomic mass is 32.1. The van der Waals surface area contributed by atoms with Gasteiger partial charge in [0.2, 0.25) is 5.91 Å². The Labute approximate surface area is 156 Å². The number of hydrogen-bond donors (Lipinski definition) is 2. The fraction of sp³-hybridized carbons (Fsp3) is 0.500. The number of benzene rings is 1. The molecule has 0 radical (unpaired) electrons. The topological polar surface area (TPSA) is 80.3 Å². The van der Waals surface area contributed by atoms with Crippen molar-refractivity contribution >= 4 is 33.6 Å². The molecule has 0 saturated carbocycles. The summed E-state index contributed by atoms with van der Waals surface area (Å²) in [6.07, 6.45) is -0.898. The SMILES string of the molecule is CC(C)OC(=O)N[C@H](C(=O)N[C@H](C)c1nc2ccc(F)cc2s1)C(C)C. The van der Waals surface area contributed by atoms with Crippen LogP contribution in [-0.4, -0.2) is 29.1 Å². The molecular formula is C18H24FN3O3S. The maximum absolute atomic E-state index is 13.3. The zero-order valence-corrected chi connectivity index (χ0v) is 16.3. The Morgan fingerprint density at radius 3 is 2.46 bits per heavy atom. The number of carbonyl (C=O) groups excluding carboxylic acids is 2. The Balaban J connectivity index is 2.07. The van der Waals surface area contributed by atoms with Gasteiger partial charge in [-0.05, 0) is 44.9 Å². The quantitative estimate of drug-likeness (QED) is 0.798. The second-order valence-electron chi connectivity index (χ2n) is 6.71. The first-order valence-electron chi connectivity index (χ1n) is 8.51. The number of halogens is 1. The highest BCUT2D eigenvalue weighted by Crippen LogP contribution is 2.27. The Kier molecular flexibility index (Phi) is 6.52. The Hall–Kier alpha value is -2.22. The molecular weight excluding hydrogens is 357 g/mol. The van der Waals surface area contributed by atoms with Crippen molar-refractivity contribution in [3.8, 4) is 0 Å². The minimum Gasteiger partial charge on any atom is -0.447 e. The van der Waals surface area contributed by atoms with Crippen LogP contribution in [0.25, 0.3) is 10.2 Å². The number of fused-ring (bicyclic) bond motifs is 1. The van der Waals surface area contributed by atoms with Gasteiger partial charge in [0.25, 0.3) is 0 Å². The number of amides is 2. The summed E-state index contributed by atoms with van der Waals surface area (Å²) in [6.45, 7) is 8.95. The first-order valence-corrected chi connectivity index (χ1v) is 9.32. The van der Waals surface area contributed by atoms with Crippen molar-refractivity contribution in [2.24, 2.45) is 5.92 Å². The average molecular weight is 381 g/mol. The van der Waals surface area contributed by atoms with Crippen LogP contribution >= 0.6 is 11.3 Å². The fourth-order valence-corrected chi connectivity index (χ4v) is 3.37. The molecule has 6 nitrogen and oxygen atoms in total. The molecule has 2 aromatic rings. The second-order valence-corrected chi connectivity index (χ2v) is 7.78. The Morgan fingerprint density at radius 1 is 1.15 bits per heavy atom. The molecule has 0 bridgehead atoms. The summed E-state index contributed by atoms with van der Waals surface area (Å²) < 4.78 is 19.1. The zero-order valence-electron chi connectivity index (χ0n) is 15.5. The van der Waals surface area contributed by atoms with Crippen molar-refractivity contribution in [3.63, 3.8) is 0 Å². The van der Waals surface area contributed by atoms with E-state index in [9.17, 15) is 14.0 Å². The predicted molar refractivity (Wildman–Crippen MR) is 99.5 cm³/mol. The average Bonchev–Trinajstić information content (AvgIpc) is 2.94. The van der Waals surface area contributed by atoms with E-state index in [1.165, 1.54) is 23.5 Å². The predicted octanol–water partition coefficient (Wildman–Crippen LogP) is 3.77. The van der Waals surface area contributed by atoms with E-state index < -0.39 is 12.1 Å². The van der Waals surface area contributed by atoms with Gasteiger partial charge in [0, 0.05) is 0 Å². The van der Waals surface area contributed by atoms with E-state index in [0.29, 0.717) is 10.5 Å². The number of hydrogen-bond acceptors (Lipinski definition) is 5. The van der Waals surface area contributed by atoms with Gasteiger partial charge in [-0.25, -0.2) is 14.2 Å². The Bertz CT molecular complexity index is 791. The lowest BCUT2D eigenvalue weighted by molar-refractivity contribution is -0.124. The normalized spacial score (nSPS) is 13.7. The van der Waals surface area contributed by atoms with Crippen molar-refractivity contribution in [2.45, 2.75) is 52.8 Å². The largest absolute Gasteiger partial charge is 0.447 e. The van der Waals surface area contributed by atoms with Crippen LogP contribution in [0.2, 0.25) is 0 Å². The molecule has 0 saturated heterocycles. The number of nitrogens with zero attached hydrogens (tertiary/aromatic N) is 1. The molecule has 0 aliphatic carbocycles. The van der Waals surface area contributed by atoms with Gasteiger partial charge >= 0.3 is 6.09 Å². The monoisotopic (exact) mass is 381 g/mol. The second kappa shape index (κ2) is 8.44. The van der Waals surface area contributed by atoms with Crippen LogP contribution in [0, 0.1) is 11.7 Å². The third-order valence-electron chi connectivity index (χ3n) is 3.66. The van der Waals surface area contributed by atoms with Crippen molar-refractivity contribution in [2.75, 3.05) is 0 Å². The summed E-state index contributed by atoms with van der Waals surface area (Å²) in [5, 5.41) is 6.13. The van der Waals surface area contributed by atoms with E-state index in [-0.39, 0.29) is 29.8 Å². The summed E-state index contributed by atoms with van der Waals surface area (Å²) >= 11 is 1.33. The van der Waals surface area contributed by atoms with Crippen LogP contribution in [0.15, 0.2) is 18.2 Å². The number of carbonyl (C=O) groups is 2. The molecule has 0 aliphatic rings. The van der Waals surface area contributed by atoms with Crippen LogP contribution < -0.4 is 10.6 Å². The van der Waals surface area contributed by atoms with Crippen LogP contribution in [0.5, 0.6) is 0 Å². The van der Waals surface area contributed by atoms with Crippen molar-refractivity contribution in [1.29, 1.82) is 0 Å².